The molecule has 5 rings (SSSR count). The minimum absolute atomic E-state index is 0.0234. The van der Waals surface area contributed by atoms with Gasteiger partial charge in [-0.05, 0) is 54.7 Å². The quantitative estimate of drug-likeness (QED) is 0.380. The SMILES string of the molecule is CCc1cc(N2CCOCC2)ccc1Cc1ncc(Cl)c(Nc2ccccc2S(=O)(=O)NC2CCCC2)n1. The summed E-state index contributed by atoms with van der Waals surface area (Å²) in [5.74, 6) is 0.985. The maximum atomic E-state index is 13.2. The number of para-hydroxylation sites is 1. The summed E-state index contributed by atoms with van der Waals surface area (Å²) in [5, 5.41) is 3.48. The maximum Gasteiger partial charge on any atom is 0.242 e. The molecule has 1 aliphatic carbocycles. The first-order valence-electron chi connectivity index (χ1n) is 13.3. The molecule has 0 spiro atoms. The number of hydrogen-bond acceptors (Lipinski definition) is 7. The molecule has 3 aromatic rings. The Morgan fingerprint density at radius 2 is 1.84 bits per heavy atom. The number of aryl methyl sites for hydroxylation is 1. The van der Waals surface area contributed by atoms with Gasteiger partial charge in [0.1, 0.15) is 15.7 Å². The third-order valence-electron chi connectivity index (χ3n) is 7.20. The molecule has 0 radical (unpaired) electrons. The number of aromatic nitrogens is 2. The predicted octanol–water partition coefficient (Wildman–Crippen LogP) is 5.08. The molecule has 0 atom stereocenters. The van der Waals surface area contributed by atoms with Gasteiger partial charge in [-0.15, -0.1) is 0 Å². The number of sulfonamides is 1. The van der Waals surface area contributed by atoms with Crippen molar-refractivity contribution in [2.75, 3.05) is 36.5 Å². The number of rotatable bonds is 9. The second-order valence-corrected chi connectivity index (χ2v) is 11.9. The molecule has 2 fully saturated rings. The van der Waals surface area contributed by atoms with Crippen molar-refractivity contribution < 1.29 is 13.2 Å². The Morgan fingerprint density at radius 1 is 1.08 bits per heavy atom. The van der Waals surface area contributed by atoms with E-state index < -0.39 is 10.0 Å². The molecule has 2 aromatic carbocycles. The van der Waals surface area contributed by atoms with Gasteiger partial charge in [-0.2, -0.15) is 0 Å². The third kappa shape index (κ3) is 6.29. The van der Waals surface area contributed by atoms with Crippen molar-refractivity contribution in [2.45, 2.75) is 56.4 Å². The molecule has 1 saturated heterocycles. The summed E-state index contributed by atoms with van der Waals surface area (Å²) in [6.45, 7) is 5.43. The molecular formula is C28H34ClN5O3S. The Kier molecular flexibility index (Phi) is 8.48. The molecule has 38 heavy (non-hydrogen) atoms. The van der Waals surface area contributed by atoms with Crippen LogP contribution in [-0.2, 0) is 27.6 Å². The molecule has 8 nitrogen and oxygen atoms in total. The summed E-state index contributed by atoms with van der Waals surface area (Å²) in [6.07, 6.45) is 6.82. The van der Waals surface area contributed by atoms with Gasteiger partial charge in [-0.25, -0.2) is 23.1 Å². The molecule has 1 aromatic heterocycles. The van der Waals surface area contributed by atoms with E-state index in [1.807, 2.05) is 0 Å². The number of hydrogen-bond donors (Lipinski definition) is 2. The molecule has 10 heteroatoms. The van der Waals surface area contributed by atoms with Crippen LogP contribution in [0.3, 0.4) is 0 Å². The van der Waals surface area contributed by atoms with Crippen LogP contribution in [0.15, 0.2) is 53.6 Å². The van der Waals surface area contributed by atoms with Crippen LogP contribution in [0.1, 0.15) is 49.6 Å². The maximum absolute atomic E-state index is 13.2. The van der Waals surface area contributed by atoms with Crippen LogP contribution in [0.4, 0.5) is 17.2 Å². The second-order valence-electron chi connectivity index (χ2n) is 9.79. The highest BCUT2D eigenvalue weighted by atomic mass is 35.5. The first kappa shape index (κ1) is 26.9. The number of morpholine rings is 1. The summed E-state index contributed by atoms with van der Waals surface area (Å²) in [4.78, 5) is 11.7. The van der Waals surface area contributed by atoms with E-state index in [-0.39, 0.29) is 10.9 Å². The van der Waals surface area contributed by atoms with Crippen LogP contribution in [0.25, 0.3) is 0 Å². The van der Waals surface area contributed by atoms with Crippen molar-refractivity contribution in [2.24, 2.45) is 0 Å². The molecule has 0 bridgehead atoms. The van der Waals surface area contributed by atoms with Crippen LogP contribution in [-0.4, -0.2) is 50.7 Å². The fraction of sp³-hybridized carbons (Fsp3) is 0.429. The molecule has 202 valence electrons. The van der Waals surface area contributed by atoms with Gasteiger partial charge in [-0.1, -0.05) is 49.6 Å². The highest BCUT2D eigenvalue weighted by molar-refractivity contribution is 7.89. The minimum Gasteiger partial charge on any atom is -0.378 e. The van der Waals surface area contributed by atoms with Crippen molar-refractivity contribution in [3.05, 3.63) is 70.6 Å². The average Bonchev–Trinajstić information content (AvgIpc) is 3.44. The van der Waals surface area contributed by atoms with Crippen LogP contribution >= 0.6 is 11.6 Å². The number of benzene rings is 2. The molecular weight excluding hydrogens is 522 g/mol. The van der Waals surface area contributed by atoms with Crippen molar-refractivity contribution in [1.82, 2.24) is 14.7 Å². The summed E-state index contributed by atoms with van der Waals surface area (Å²) in [5.41, 5.74) is 4.03. The second kappa shape index (κ2) is 12.0. The molecule has 2 aliphatic rings. The fourth-order valence-corrected chi connectivity index (χ4v) is 6.74. The lowest BCUT2D eigenvalue weighted by atomic mass is 10.0. The first-order chi connectivity index (χ1) is 18.4. The Hall–Kier alpha value is -2.72. The lowest BCUT2D eigenvalue weighted by molar-refractivity contribution is 0.122. The Morgan fingerprint density at radius 3 is 2.61 bits per heavy atom. The molecule has 1 saturated carbocycles. The third-order valence-corrected chi connectivity index (χ3v) is 9.05. The smallest absolute Gasteiger partial charge is 0.242 e. The highest BCUT2D eigenvalue weighted by Crippen LogP contribution is 2.30. The number of halogens is 1. The van der Waals surface area contributed by atoms with E-state index in [0.717, 1.165) is 64.0 Å². The highest BCUT2D eigenvalue weighted by Gasteiger charge is 2.25. The Balaban J connectivity index is 1.36. The summed E-state index contributed by atoms with van der Waals surface area (Å²) >= 11 is 6.45. The Bertz CT molecular complexity index is 1370. The zero-order valence-corrected chi connectivity index (χ0v) is 23.2. The topological polar surface area (TPSA) is 96.5 Å². The van der Waals surface area contributed by atoms with Gasteiger partial charge in [0, 0.05) is 31.2 Å². The van der Waals surface area contributed by atoms with Gasteiger partial charge in [0.2, 0.25) is 10.0 Å². The largest absolute Gasteiger partial charge is 0.378 e. The van der Waals surface area contributed by atoms with E-state index >= 15 is 0 Å². The van der Waals surface area contributed by atoms with Gasteiger partial charge in [0.25, 0.3) is 0 Å². The van der Waals surface area contributed by atoms with Gasteiger partial charge in [0.15, 0.2) is 5.82 Å². The predicted molar refractivity (Wildman–Crippen MR) is 151 cm³/mol. The average molecular weight is 556 g/mol. The number of nitrogens with zero attached hydrogens (tertiary/aromatic N) is 3. The normalized spacial score (nSPS) is 16.6. The van der Waals surface area contributed by atoms with E-state index in [4.69, 9.17) is 16.3 Å². The van der Waals surface area contributed by atoms with E-state index in [1.54, 1.807) is 30.5 Å². The molecule has 2 heterocycles. The van der Waals surface area contributed by atoms with Gasteiger partial charge >= 0.3 is 0 Å². The van der Waals surface area contributed by atoms with E-state index in [1.165, 1.54) is 11.3 Å². The van der Waals surface area contributed by atoms with E-state index in [2.05, 4.69) is 50.0 Å². The van der Waals surface area contributed by atoms with Crippen molar-refractivity contribution in [3.63, 3.8) is 0 Å². The minimum atomic E-state index is -3.70. The fourth-order valence-electron chi connectivity index (χ4n) is 5.14. The number of anilines is 3. The number of nitrogens with one attached hydrogen (secondary N) is 2. The van der Waals surface area contributed by atoms with E-state index in [0.29, 0.717) is 28.8 Å². The molecule has 1 aliphatic heterocycles. The van der Waals surface area contributed by atoms with Gasteiger partial charge in [-0.3, -0.25) is 0 Å². The van der Waals surface area contributed by atoms with Crippen LogP contribution in [0, 0.1) is 0 Å². The molecule has 2 N–H and O–H groups in total. The number of ether oxygens (including phenoxy) is 1. The summed E-state index contributed by atoms with van der Waals surface area (Å²) in [6, 6.07) is 13.3. The van der Waals surface area contributed by atoms with Crippen molar-refractivity contribution in [3.8, 4) is 0 Å². The molecule has 0 amide bonds. The van der Waals surface area contributed by atoms with Gasteiger partial charge < -0.3 is 15.0 Å². The molecule has 0 unspecified atom stereocenters. The zero-order chi connectivity index (χ0) is 26.5. The van der Waals surface area contributed by atoms with Crippen LogP contribution < -0.4 is 14.9 Å². The lowest BCUT2D eigenvalue weighted by Gasteiger charge is -2.29. The van der Waals surface area contributed by atoms with Gasteiger partial charge in [0.05, 0.1) is 25.1 Å². The zero-order valence-electron chi connectivity index (χ0n) is 21.6. The van der Waals surface area contributed by atoms with Crippen molar-refractivity contribution in [1.29, 1.82) is 0 Å². The Labute approximate surface area is 229 Å². The monoisotopic (exact) mass is 555 g/mol. The van der Waals surface area contributed by atoms with Crippen LogP contribution in [0.2, 0.25) is 5.02 Å². The summed E-state index contributed by atoms with van der Waals surface area (Å²) < 4.78 is 34.7. The first-order valence-corrected chi connectivity index (χ1v) is 15.1. The van der Waals surface area contributed by atoms with Crippen molar-refractivity contribution >= 4 is 38.8 Å². The lowest BCUT2D eigenvalue weighted by Crippen LogP contribution is -2.36. The van der Waals surface area contributed by atoms with E-state index in [9.17, 15) is 8.42 Å². The standard InChI is InChI=1S/C28H34ClN5O3S/c1-2-20-17-23(34-13-15-37-16-14-34)12-11-21(20)18-27-30-19-24(29)28(32-27)31-25-9-5-6-10-26(25)38(35,36)33-22-7-3-4-8-22/h5-6,9-12,17,19,22,33H,2-4,7-8,13-16,18H2,1H3,(H,30,31,32). The summed E-state index contributed by atoms with van der Waals surface area (Å²) in [7, 11) is -3.70. The van der Waals surface area contributed by atoms with Crippen LogP contribution in [0.5, 0.6) is 0 Å².